The van der Waals surface area contributed by atoms with E-state index in [9.17, 15) is 0 Å². The van der Waals surface area contributed by atoms with Gasteiger partial charge in [0.1, 0.15) is 0 Å². The molecule has 1 saturated carbocycles. The van der Waals surface area contributed by atoms with Gasteiger partial charge >= 0.3 is 0 Å². The lowest BCUT2D eigenvalue weighted by molar-refractivity contribution is 0.0574. The van der Waals surface area contributed by atoms with Crippen LogP contribution in [0.2, 0.25) is 0 Å². The second-order valence-corrected chi connectivity index (χ2v) is 7.17. The molecule has 0 bridgehead atoms. The molecule has 130 valence electrons. The number of nitrogens with zero attached hydrogens (tertiary/aromatic N) is 1. The molecule has 0 spiro atoms. The molecule has 1 atom stereocenters. The molecule has 1 unspecified atom stereocenters. The van der Waals surface area contributed by atoms with Crippen molar-refractivity contribution < 1.29 is 4.74 Å². The van der Waals surface area contributed by atoms with Gasteiger partial charge in [0, 0.05) is 30.5 Å². The lowest BCUT2D eigenvalue weighted by Gasteiger charge is -2.14. The summed E-state index contributed by atoms with van der Waals surface area (Å²) in [6, 6.07) is 4.29. The van der Waals surface area contributed by atoms with E-state index < -0.39 is 0 Å². The van der Waals surface area contributed by atoms with Crippen LogP contribution < -0.4 is 10.6 Å². The number of hydrogen-bond acceptors (Lipinski definition) is 3. The first-order valence-corrected chi connectivity index (χ1v) is 9.84. The molecule has 1 heterocycles. The summed E-state index contributed by atoms with van der Waals surface area (Å²) in [6.07, 6.45) is 6.71. The Morgan fingerprint density at radius 1 is 1.39 bits per heavy atom. The average molecular weight is 338 g/mol. The minimum Gasteiger partial charge on any atom is -0.378 e. The number of nitrogens with one attached hydrogen (secondary N) is 2. The molecule has 4 nitrogen and oxygen atoms in total. The monoisotopic (exact) mass is 337 g/mol. The Bertz CT molecular complexity index is 441. The van der Waals surface area contributed by atoms with Crippen LogP contribution in [-0.2, 0) is 4.74 Å². The number of rotatable bonds is 9. The fourth-order valence-electron chi connectivity index (χ4n) is 2.82. The predicted octanol–water partition coefficient (Wildman–Crippen LogP) is 3.76. The molecule has 1 aliphatic rings. The van der Waals surface area contributed by atoms with Gasteiger partial charge in [-0.05, 0) is 37.6 Å². The summed E-state index contributed by atoms with van der Waals surface area (Å²) in [5.74, 6) is 1.38. The molecule has 0 radical (unpaired) electrons. The van der Waals surface area contributed by atoms with Crippen LogP contribution in [0.5, 0.6) is 0 Å². The zero-order valence-corrected chi connectivity index (χ0v) is 15.3. The minimum atomic E-state index is 0.469. The van der Waals surface area contributed by atoms with Crippen LogP contribution in [0.3, 0.4) is 0 Å². The largest absolute Gasteiger partial charge is 0.378 e. The van der Waals surface area contributed by atoms with Gasteiger partial charge in [-0.3, -0.25) is 4.99 Å². The molecule has 0 aromatic carbocycles. The molecule has 0 amide bonds. The van der Waals surface area contributed by atoms with Crippen LogP contribution in [0.4, 0.5) is 0 Å². The molecule has 1 aromatic heterocycles. The maximum atomic E-state index is 5.89. The van der Waals surface area contributed by atoms with Crippen molar-refractivity contribution in [3.05, 3.63) is 22.4 Å². The van der Waals surface area contributed by atoms with E-state index in [1.807, 2.05) is 0 Å². The molecule has 0 aliphatic heterocycles. The van der Waals surface area contributed by atoms with Crippen molar-refractivity contribution in [3.63, 3.8) is 0 Å². The van der Waals surface area contributed by atoms with Crippen molar-refractivity contribution in [1.82, 2.24) is 10.6 Å². The van der Waals surface area contributed by atoms with Gasteiger partial charge in [0.2, 0.25) is 0 Å². The smallest absolute Gasteiger partial charge is 0.191 e. The summed E-state index contributed by atoms with van der Waals surface area (Å²) in [7, 11) is 0. The van der Waals surface area contributed by atoms with Crippen molar-refractivity contribution >= 4 is 17.3 Å². The fourth-order valence-corrected chi connectivity index (χ4v) is 3.59. The van der Waals surface area contributed by atoms with E-state index in [1.165, 1.54) is 30.6 Å². The van der Waals surface area contributed by atoms with E-state index in [2.05, 4.69) is 42.0 Å². The number of hydrogen-bond donors (Lipinski definition) is 2. The highest BCUT2D eigenvalue weighted by atomic mass is 32.1. The third-order valence-electron chi connectivity index (χ3n) is 4.17. The SMILES string of the molecule is CCNC(=NCC(C)c1cccs1)NCCCOC1CCCC1. The highest BCUT2D eigenvalue weighted by molar-refractivity contribution is 7.10. The van der Waals surface area contributed by atoms with Crippen LogP contribution in [0.15, 0.2) is 22.5 Å². The maximum Gasteiger partial charge on any atom is 0.191 e. The van der Waals surface area contributed by atoms with Gasteiger partial charge in [0.15, 0.2) is 5.96 Å². The van der Waals surface area contributed by atoms with Gasteiger partial charge in [-0.15, -0.1) is 11.3 Å². The number of thiophene rings is 1. The average Bonchev–Trinajstić information content (AvgIpc) is 3.25. The van der Waals surface area contributed by atoms with E-state index in [0.717, 1.165) is 38.6 Å². The third-order valence-corrected chi connectivity index (χ3v) is 5.27. The van der Waals surface area contributed by atoms with Gasteiger partial charge in [0.25, 0.3) is 0 Å². The van der Waals surface area contributed by atoms with Crippen LogP contribution in [0, 0.1) is 0 Å². The topological polar surface area (TPSA) is 45.7 Å². The summed E-state index contributed by atoms with van der Waals surface area (Å²) < 4.78 is 5.89. The predicted molar refractivity (Wildman–Crippen MR) is 99.5 cm³/mol. The van der Waals surface area contributed by atoms with Crippen LogP contribution in [0.1, 0.15) is 56.7 Å². The van der Waals surface area contributed by atoms with Gasteiger partial charge in [-0.2, -0.15) is 0 Å². The fraction of sp³-hybridized carbons (Fsp3) is 0.722. The molecule has 0 saturated heterocycles. The summed E-state index contributed by atoms with van der Waals surface area (Å²) in [4.78, 5) is 6.10. The first-order valence-electron chi connectivity index (χ1n) is 8.96. The Hall–Kier alpha value is -1.07. The van der Waals surface area contributed by atoms with E-state index in [4.69, 9.17) is 9.73 Å². The molecule has 1 fully saturated rings. The Kier molecular flexibility index (Phi) is 8.47. The highest BCUT2D eigenvalue weighted by Gasteiger charge is 2.14. The van der Waals surface area contributed by atoms with Crippen molar-refractivity contribution in [1.29, 1.82) is 0 Å². The summed E-state index contributed by atoms with van der Waals surface area (Å²) in [5.41, 5.74) is 0. The molecule has 2 N–H and O–H groups in total. The molecule has 1 aliphatic carbocycles. The van der Waals surface area contributed by atoms with Gasteiger partial charge in [-0.25, -0.2) is 0 Å². The number of guanidine groups is 1. The third kappa shape index (κ3) is 6.92. The minimum absolute atomic E-state index is 0.469. The summed E-state index contributed by atoms with van der Waals surface area (Å²) in [6.45, 7) is 7.79. The summed E-state index contributed by atoms with van der Waals surface area (Å²) in [5, 5.41) is 8.85. The van der Waals surface area contributed by atoms with Gasteiger partial charge in [-0.1, -0.05) is 25.8 Å². The van der Waals surface area contributed by atoms with Crippen molar-refractivity contribution in [2.24, 2.45) is 4.99 Å². The summed E-state index contributed by atoms with van der Waals surface area (Å²) >= 11 is 1.81. The molecular formula is C18H31N3OS. The maximum absolute atomic E-state index is 5.89. The van der Waals surface area contributed by atoms with Crippen molar-refractivity contribution in [2.75, 3.05) is 26.2 Å². The first kappa shape index (κ1) is 18.3. The van der Waals surface area contributed by atoms with Crippen molar-refractivity contribution in [3.8, 4) is 0 Å². The lowest BCUT2D eigenvalue weighted by atomic mass is 10.1. The highest BCUT2D eigenvalue weighted by Crippen LogP contribution is 2.21. The van der Waals surface area contributed by atoms with E-state index in [0.29, 0.717) is 12.0 Å². The Morgan fingerprint density at radius 3 is 2.91 bits per heavy atom. The zero-order valence-electron chi connectivity index (χ0n) is 14.5. The number of aliphatic imine (C=N–C) groups is 1. The van der Waals surface area contributed by atoms with Crippen molar-refractivity contribution in [2.45, 2.75) is 58.0 Å². The van der Waals surface area contributed by atoms with Crippen LogP contribution >= 0.6 is 11.3 Å². The Balaban J connectivity index is 1.64. The molecule has 23 heavy (non-hydrogen) atoms. The Morgan fingerprint density at radius 2 is 2.22 bits per heavy atom. The van der Waals surface area contributed by atoms with Crippen LogP contribution in [-0.4, -0.2) is 38.3 Å². The lowest BCUT2D eigenvalue weighted by Crippen LogP contribution is -2.38. The molecular weight excluding hydrogens is 306 g/mol. The second kappa shape index (κ2) is 10.7. The number of ether oxygens (including phenoxy) is 1. The first-order chi connectivity index (χ1) is 11.3. The van der Waals surface area contributed by atoms with E-state index >= 15 is 0 Å². The van der Waals surface area contributed by atoms with Gasteiger partial charge in [0.05, 0.1) is 12.6 Å². The standard InChI is InChI=1S/C18H31N3OS/c1-3-19-18(21-14-15(2)17-10-6-13-23-17)20-11-7-12-22-16-8-4-5-9-16/h6,10,13,15-16H,3-5,7-9,11-12,14H2,1-2H3,(H2,19,20,21). The molecule has 5 heteroatoms. The molecule has 1 aromatic rings. The van der Waals surface area contributed by atoms with E-state index in [-0.39, 0.29) is 0 Å². The second-order valence-electron chi connectivity index (χ2n) is 6.19. The van der Waals surface area contributed by atoms with Crippen LogP contribution in [0.25, 0.3) is 0 Å². The molecule has 2 rings (SSSR count). The Labute approximate surface area is 144 Å². The van der Waals surface area contributed by atoms with Gasteiger partial charge < -0.3 is 15.4 Å². The zero-order chi connectivity index (χ0) is 16.3. The van der Waals surface area contributed by atoms with E-state index in [1.54, 1.807) is 11.3 Å². The normalized spacial score (nSPS) is 17.4. The quantitative estimate of drug-likeness (QED) is 0.410.